The zero-order valence-corrected chi connectivity index (χ0v) is 13.1. The fraction of sp³-hybridized carbons (Fsp3) is 0.529. The predicted molar refractivity (Wildman–Crippen MR) is 89.4 cm³/mol. The van der Waals surface area contributed by atoms with Crippen molar-refractivity contribution in [1.29, 1.82) is 0 Å². The molecule has 1 aliphatic rings. The van der Waals surface area contributed by atoms with Crippen LogP contribution in [0.1, 0.15) is 31.7 Å². The molecule has 3 heteroatoms. The lowest BCUT2D eigenvalue weighted by Crippen LogP contribution is -2.15. The average Bonchev–Trinajstić information content (AvgIpc) is 3.21. The summed E-state index contributed by atoms with van der Waals surface area (Å²) >= 11 is 2.03. The number of aromatic nitrogens is 1. The van der Waals surface area contributed by atoms with Crippen LogP contribution in [0.15, 0.2) is 30.5 Å². The second-order valence-corrected chi connectivity index (χ2v) is 6.96. The largest absolute Gasteiger partial charge is 0.347 e. The summed E-state index contributed by atoms with van der Waals surface area (Å²) in [5, 5.41) is 5.04. The molecule has 0 amide bonds. The maximum atomic E-state index is 3.62. The number of rotatable bonds is 8. The second kappa shape index (κ2) is 6.68. The third-order valence-corrected chi connectivity index (χ3v) is 4.94. The summed E-state index contributed by atoms with van der Waals surface area (Å²) in [6.45, 7) is 4.38. The maximum absolute atomic E-state index is 3.62. The van der Waals surface area contributed by atoms with Gasteiger partial charge in [0.25, 0.3) is 0 Å². The van der Waals surface area contributed by atoms with E-state index in [4.69, 9.17) is 0 Å². The van der Waals surface area contributed by atoms with Gasteiger partial charge in [0.1, 0.15) is 0 Å². The smallest absolute Gasteiger partial charge is 0.0483 e. The van der Waals surface area contributed by atoms with Crippen LogP contribution in [0.25, 0.3) is 10.9 Å². The molecule has 2 aromatic rings. The monoisotopic (exact) mass is 288 g/mol. The molecule has 0 spiro atoms. The SMILES string of the molecule is CCSCCCn1ccc2c(CNC3CC3)cccc21. The Morgan fingerprint density at radius 2 is 2.20 bits per heavy atom. The standard InChI is InChI=1S/C17H24N2S/c1-2-20-12-4-10-19-11-9-16-14(5-3-6-17(16)19)13-18-15-7-8-15/h3,5-6,9,11,15,18H,2,4,7-8,10,12-13H2,1H3. The molecule has 0 radical (unpaired) electrons. The first-order valence-corrected chi connectivity index (χ1v) is 8.92. The molecular weight excluding hydrogens is 264 g/mol. The van der Waals surface area contributed by atoms with E-state index in [-0.39, 0.29) is 0 Å². The van der Waals surface area contributed by atoms with Crippen LogP contribution in [0, 0.1) is 0 Å². The number of aryl methyl sites for hydroxylation is 1. The van der Waals surface area contributed by atoms with E-state index < -0.39 is 0 Å². The molecule has 0 saturated heterocycles. The molecule has 3 rings (SSSR count). The second-order valence-electron chi connectivity index (χ2n) is 5.56. The van der Waals surface area contributed by atoms with Crippen molar-refractivity contribution in [3.63, 3.8) is 0 Å². The van der Waals surface area contributed by atoms with Crippen LogP contribution >= 0.6 is 11.8 Å². The lowest BCUT2D eigenvalue weighted by molar-refractivity contribution is 0.690. The van der Waals surface area contributed by atoms with Crippen molar-refractivity contribution < 1.29 is 0 Å². The van der Waals surface area contributed by atoms with E-state index in [1.165, 1.54) is 47.2 Å². The first kappa shape index (κ1) is 14.0. The first-order chi connectivity index (χ1) is 9.88. The molecule has 20 heavy (non-hydrogen) atoms. The summed E-state index contributed by atoms with van der Waals surface area (Å²) in [6.07, 6.45) is 6.22. The van der Waals surface area contributed by atoms with E-state index in [0.29, 0.717) is 0 Å². The van der Waals surface area contributed by atoms with Gasteiger partial charge in [0.15, 0.2) is 0 Å². The first-order valence-electron chi connectivity index (χ1n) is 7.76. The van der Waals surface area contributed by atoms with Crippen molar-refractivity contribution in [2.45, 2.75) is 45.3 Å². The minimum Gasteiger partial charge on any atom is -0.347 e. The van der Waals surface area contributed by atoms with Crippen LogP contribution in [0.3, 0.4) is 0 Å². The minimum atomic E-state index is 0.776. The third kappa shape index (κ3) is 3.39. The Labute approximate surface area is 125 Å². The fourth-order valence-corrected chi connectivity index (χ4v) is 3.28. The van der Waals surface area contributed by atoms with Crippen LogP contribution in [0.5, 0.6) is 0 Å². The lowest BCUT2D eigenvalue weighted by Gasteiger charge is -2.08. The summed E-state index contributed by atoms with van der Waals surface area (Å²) in [5.41, 5.74) is 2.83. The third-order valence-electron chi connectivity index (χ3n) is 3.95. The normalized spacial score (nSPS) is 15.1. The molecule has 0 unspecified atom stereocenters. The highest BCUT2D eigenvalue weighted by Gasteiger charge is 2.20. The van der Waals surface area contributed by atoms with Gasteiger partial charge in [-0.3, -0.25) is 0 Å². The number of fused-ring (bicyclic) bond motifs is 1. The van der Waals surface area contributed by atoms with Gasteiger partial charge in [0, 0.05) is 36.2 Å². The highest BCUT2D eigenvalue weighted by Crippen LogP contribution is 2.23. The molecule has 1 aromatic carbocycles. The molecule has 108 valence electrons. The molecule has 0 atom stereocenters. The Kier molecular flexibility index (Phi) is 4.69. The van der Waals surface area contributed by atoms with E-state index in [2.05, 4.69) is 47.3 Å². The molecule has 1 N–H and O–H groups in total. The van der Waals surface area contributed by atoms with Gasteiger partial charge in [0.2, 0.25) is 0 Å². The topological polar surface area (TPSA) is 17.0 Å². The van der Waals surface area contributed by atoms with Crippen LogP contribution < -0.4 is 5.32 Å². The van der Waals surface area contributed by atoms with Gasteiger partial charge in [-0.25, -0.2) is 0 Å². The van der Waals surface area contributed by atoms with Gasteiger partial charge in [-0.05, 0) is 48.5 Å². The van der Waals surface area contributed by atoms with E-state index in [0.717, 1.165) is 19.1 Å². The van der Waals surface area contributed by atoms with Crippen molar-refractivity contribution in [2.24, 2.45) is 0 Å². The van der Waals surface area contributed by atoms with Crippen LogP contribution in [-0.4, -0.2) is 22.1 Å². The average molecular weight is 288 g/mol. The number of nitrogens with zero attached hydrogens (tertiary/aromatic N) is 1. The highest BCUT2D eigenvalue weighted by molar-refractivity contribution is 7.99. The molecule has 0 bridgehead atoms. The number of hydrogen-bond acceptors (Lipinski definition) is 2. The Morgan fingerprint density at radius 3 is 3.00 bits per heavy atom. The van der Waals surface area contributed by atoms with E-state index in [1.54, 1.807) is 0 Å². The van der Waals surface area contributed by atoms with Crippen molar-refractivity contribution in [3.8, 4) is 0 Å². The quantitative estimate of drug-likeness (QED) is 0.738. The van der Waals surface area contributed by atoms with E-state index in [9.17, 15) is 0 Å². The van der Waals surface area contributed by atoms with Gasteiger partial charge in [-0.15, -0.1) is 0 Å². The molecule has 0 aliphatic heterocycles. The summed E-state index contributed by atoms with van der Waals surface area (Å²) < 4.78 is 2.41. The Balaban J connectivity index is 1.69. The predicted octanol–water partition coefficient (Wildman–Crippen LogP) is 4.04. The lowest BCUT2D eigenvalue weighted by atomic mass is 10.1. The summed E-state index contributed by atoms with van der Waals surface area (Å²) in [7, 11) is 0. The molecule has 2 nitrogen and oxygen atoms in total. The zero-order valence-electron chi connectivity index (χ0n) is 12.3. The van der Waals surface area contributed by atoms with Crippen LogP contribution in [0.4, 0.5) is 0 Å². The Hall–Kier alpha value is -0.930. The molecular formula is C17H24N2S. The fourth-order valence-electron chi connectivity index (χ4n) is 2.66. The number of hydrogen-bond donors (Lipinski definition) is 1. The van der Waals surface area contributed by atoms with Gasteiger partial charge in [0.05, 0.1) is 0 Å². The molecule has 1 aliphatic carbocycles. The summed E-state index contributed by atoms with van der Waals surface area (Å²) in [5.74, 6) is 2.49. The van der Waals surface area contributed by atoms with Crippen LogP contribution in [0.2, 0.25) is 0 Å². The van der Waals surface area contributed by atoms with Crippen molar-refractivity contribution in [2.75, 3.05) is 11.5 Å². The van der Waals surface area contributed by atoms with E-state index >= 15 is 0 Å². The Bertz CT molecular complexity index is 557. The maximum Gasteiger partial charge on any atom is 0.0483 e. The van der Waals surface area contributed by atoms with Gasteiger partial charge in [-0.1, -0.05) is 19.1 Å². The number of nitrogens with one attached hydrogen (secondary N) is 1. The van der Waals surface area contributed by atoms with Crippen LogP contribution in [-0.2, 0) is 13.1 Å². The zero-order chi connectivity index (χ0) is 13.8. The number of thioether (sulfide) groups is 1. The van der Waals surface area contributed by atoms with Gasteiger partial charge < -0.3 is 9.88 Å². The van der Waals surface area contributed by atoms with Crippen molar-refractivity contribution in [1.82, 2.24) is 9.88 Å². The molecule has 1 fully saturated rings. The molecule has 1 aromatic heterocycles. The summed E-state index contributed by atoms with van der Waals surface area (Å²) in [6, 6.07) is 9.77. The van der Waals surface area contributed by atoms with Crippen molar-refractivity contribution >= 4 is 22.7 Å². The summed E-state index contributed by atoms with van der Waals surface area (Å²) in [4.78, 5) is 0. The van der Waals surface area contributed by atoms with E-state index in [1.807, 2.05) is 11.8 Å². The highest BCUT2D eigenvalue weighted by atomic mass is 32.2. The van der Waals surface area contributed by atoms with Gasteiger partial charge >= 0.3 is 0 Å². The van der Waals surface area contributed by atoms with Gasteiger partial charge in [-0.2, -0.15) is 11.8 Å². The molecule has 1 heterocycles. The Morgan fingerprint density at radius 1 is 1.30 bits per heavy atom. The minimum absolute atomic E-state index is 0.776. The van der Waals surface area contributed by atoms with Crippen molar-refractivity contribution in [3.05, 3.63) is 36.0 Å². The number of benzene rings is 1. The molecule has 1 saturated carbocycles.